The van der Waals surface area contributed by atoms with Crippen molar-refractivity contribution in [1.82, 2.24) is 0 Å². The van der Waals surface area contributed by atoms with Crippen LogP contribution < -0.4 is 0 Å². The van der Waals surface area contributed by atoms with Gasteiger partial charge in [-0.1, -0.05) is 64.1 Å². The van der Waals surface area contributed by atoms with Gasteiger partial charge < -0.3 is 0 Å². The molecule has 0 bridgehead atoms. The molecule has 2 nitrogen and oxygen atoms in total. The summed E-state index contributed by atoms with van der Waals surface area (Å²) in [7, 11) is 0. The summed E-state index contributed by atoms with van der Waals surface area (Å²) in [5.74, 6) is 0. The van der Waals surface area contributed by atoms with Gasteiger partial charge in [-0.05, 0) is 23.3 Å². The summed E-state index contributed by atoms with van der Waals surface area (Å²) >= 11 is 30.8. The van der Waals surface area contributed by atoms with Crippen LogP contribution in [0.2, 0.25) is 25.1 Å². The topological polar surface area (TPSA) is 8.72 Å². The van der Waals surface area contributed by atoms with E-state index < -0.39 is 0 Å². The van der Waals surface area contributed by atoms with Crippen molar-refractivity contribution in [3.05, 3.63) is 77.3 Å². The number of hydrogen-bond acceptors (Lipinski definition) is 0. The first-order valence-electron chi connectivity index (χ1n) is 5.79. The van der Waals surface area contributed by atoms with E-state index in [-0.39, 0.29) is 32.9 Å². The van der Waals surface area contributed by atoms with E-state index in [9.17, 15) is 0 Å². The third-order valence-electron chi connectivity index (χ3n) is 3.00. The smallest absolute Gasteiger partial charge is 0.215 e. The number of benzene rings is 2. The maximum absolute atomic E-state index is 7.20. The highest BCUT2D eigenvalue weighted by Crippen LogP contribution is 2.49. The van der Waals surface area contributed by atoms with Gasteiger partial charge in [-0.25, -0.2) is 9.69 Å². The van der Waals surface area contributed by atoms with Crippen molar-refractivity contribution in [3.8, 4) is 0 Å². The van der Waals surface area contributed by atoms with Crippen LogP contribution in [0, 0.1) is 13.1 Å². The first-order chi connectivity index (χ1) is 10.4. The van der Waals surface area contributed by atoms with Crippen LogP contribution in [0.5, 0.6) is 0 Å². The Morgan fingerprint density at radius 1 is 0.727 bits per heavy atom. The van der Waals surface area contributed by atoms with Gasteiger partial charge in [-0.2, -0.15) is 0 Å². The summed E-state index contributed by atoms with van der Waals surface area (Å²) in [4.78, 5) is 6.51. The standard InChI is InChI=1S/C15H5Cl5N2/c1-21-14-12(19)8(11(18)13(20)15(14)22-2)6-7-9(16)4-3-5-10(7)17/h3-5H,6H2. The second-order valence-electron chi connectivity index (χ2n) is 4.22. The van der Waals surface area contributed by atoms with Crippen LogP contribution in [0.4, 0.5) is 11.4 Å². The molecule has 0 unspecified atom stereocenters. The molecule has 0 aliphatic heterocycles. The van der Waals surface area contributed by atoms with E-state index in [4.69, 9.17) is 71.1 Å². The summed E-state index contributed by atoms with van der Waals surface area (Å²) in [5.41, 5.74) is 0.962. The van der Waals surface area contributed by atoms with Gasteiger partial charge in [0.2, 0.25) is 11.4 Å². The number of nitrogens with zero attached hydrogens (tertiary/aromatic N) is 2. The molecule has 0 aliphatic rings. The fourth-order valence-electron chi connectivity index (χ4n) is 1.92. The maximum Gasteiger partial charge on any atom is 0.215 e. The summed E-state index contributed by atoms with van der Waals surface area (Å²) in [6.45, 7) is 14.3. The lowest BCUT2D eigenvalue weighted by molar-refractivity contribution is 1.20. The molecule has 7 heteroatoms. The molecule has 110 valence electrons. The van der Waals surface area contributed by atoms with Gasteiger partial charge in [0.25, 0.3) is 0 Å². The summed E-state index contributed by atoms with van der Waals surface area (Å²) in [5, 5.41) is 1.13. The Morgan fingerprint density at radius 3 is 1.73 bits per heavy atom. The summed E-state index contributed by atoms with van der Waals surface area (Å²) < 4.78 is 0. The van der Waals surface area contributed by atoms with Gasteiger partial charge in [0, 0.05) is 21.5 Å². The van der Waals surface area contributed by atoms with Crippen LogP contribution in [0.15, 0.2) is 18.2 Å². The molecule has 2 aromatic carbocycles. The van der Waals surface area contributed by atoms with Crippen molar-refractivity contribution < 1.29 is 0 Å². The molecule has 0 aromatic heterocycles. The van der Waals surface area contributed by atoms with Crippen molar-refractivity contribution in [1.29, 1.82) is 0 Å². The van der Waals surface area contributed by atoms with E-state index in [0.29, 0.717) is 21.2 Å². The Labute approximate surface area is 152 Å². The van der Waals surface area contributed by atoms with Crippen molar-refractivity contribution in [2.24, 2.45) is 0 Å². The molecule has 0 saturated heterocycles. The monoisotopic (exact) mass is 388 g/mol. The largest absolute Gasteiger partial charge is 0.248 e. The maximum atomic E-state index is 7.20. The molecule has 0 heterocycles. The average molecular weight is 390 g/mol. The lowest BCUT2D eigenvalue weighted by Gasteiger charge is -2.14. The second kappa shape index (κ2) is 6.97. The van der Waals surface area contributed by atoms with E-state index in [2.05, 4.69) is 9.69 Å². The first-order valence-corrected chi connectivity index (χ1v) is 7.68. The van der Waals surface area contributed by atoms with Crippen LogP contribution in [-0.4, -0.2) is 0 Å². The van der Waals surface area contributed by atoms with E-state index >= 15 is 0 Å². The number of hydrogen-bond donors (Lipinski definition) is 0. The lowest BCUT2D eigenvalue weighted by Crippen LogP contribution is -1.95. The van der Waals surface area contributed by atoms with Crippen molar-refractivity contribution in [3.63, 3.8) is 0 Å². The minimum atomic E-state index is -0.0549. The van der Waals surface area contributed by atoms with Crippen LogP contribution in [0.1, 0.15) is 11.1 Å². The molecular formula is C15H5Cl5N2. The van der Waals surface area contributed by atoms with E-state index in [1.54, 1.807) is 18.2 Å². The Hall–Kier alpha value is -1.13. The van der Waals surface area contributed by atoms with Crippen LogP contribution in [0.25, 0.3) is 9.69 Å². The third-order valence-corrected chi connectivity index (χ3v) is 5.00. The van der Waals surface area contributed by atoms with Gasteiger partial charge >= 0.3 is 0 Å². The highest BCUT2D eigenvalue weighted by Gasteiger charge is 2.22. The minimum absolute atomic E-state index is 0.00485. The molecular weight excluding hydrogens is 385 g/mol. The first kappa shape index (κ1) is 17.2. The second-order valence-corrected chi connectivity index (χ2v) is 6.17. The van der Waals surface area contributed by atoms with Crippen molar-refractivity contribution in [2.75, 3.05) is 0 Å². The van der Waals surface area contributed by atoms with Crippen LogP contribution in [-0.2, 0) is 6.42 Å². The molecule has 2 aromatic rings. The van der Waals surface area contributed by atoms with Crippen molar-refractivity contribution in [2.45, 2.75) is 6.42 Å². The molecule has 2 rings (SSSR count). The SMILES string of the molecule is [C-]#[N+]c1c(Cl)c(Cl)c(Cc2c(Cl)cccc2Cl)c(Cl)c1[N+]#[C-]. The predicted molar refractivity (Wildman–Crippen MR) is 93.3 cm³/mol. The molecule has 0 amide bonds. The summed E-state index contributed by atoms with van der Waals surface area (Å²) in [6.07, 6.45) is 0.205. The number of rotatable bonds is 2. The molecule has 0 atom stereocenters. The normalized spacial score (nSPS) is 10.1. The zero-order valence-electron chi connectivity index (χ0n) is 10.7. The molecule has 22 heavy (non-hydrogen) atoms. The zero-order chi connectivity index (χ0) is 16.4. The Morgan fingerprint density at radius 2 is 1.23 bits per heavy atom. The highest BCUT2D eigenvalue weighted by atomic mass is 35.5. The van der Waals surface area contributed by atoms with Crippen molar-refractivity contribution >= 4 is 69.4 Å². The molecule has 0 saturated carbocycles. The third kappa shape index (κ3) is 2.99. The zero-order valence-corrected chi connectivity index (χ0v) is 14.5. The minimum Gasteiger partial charge on any atom is -0.248 e. The van der Waals surface area contributed by atoms with Crippen LogP contribution in [0.3, 0.4) is 0 Å². The Balaban J connectivity index is 2.71. The Kier molecular flexibility index (Phi) is 5.45. The molecule has 0 radical (unpaired) electrons. The number of halogens is 5. The fourth-order valence-corrected chi connectivity index (χ4v) is 3.29. The average Bonchev–Trinajstić information content (AvgIpc) is 2.49. The van der Waals surface area contributed by atoms with E-state index in [1.807, 2.05) is 0 Å². The van der Waals surface area contributed by atoms with E-state index in [1.165, 1.54) is 0 Å². The highest BCUT2D eigenvalue weighted by molar-refractivity contribution is 6.47. The molecule has 0 N–H and O–H groups in total. The molecule has 0 aliphatic carbocycles. The van der Waals surface area contributed by atoms with Crippen LogP contribution >= 0.6 is 58.0 Å². The lowest BCUT2D eigenvalue weighted by atomic mass is 10.0. The molecule has 0 spiro atoms. The van der Waals surface area contributed by atoms with Gasteiger partial charge in [-0.15, -0.1) is 0 Å². The van der Waals surface area contributed by atoms with E-state index in [0.717, 1.165) is 0 Å². The van der Waals surface area contributed by atoms with Gasteiger partial charge in [0.15, 0.2) is 0 Å². The quantitative estimate of drug-likeness (QED) is 0.368. The fraction of sp³-hybridized carbons (Fsp3) is 0.0667. The van der Waals surface area contributed by atoms with Gasteiger partial charge in [0.1, 0.15) is 0 Å². The Bertz CT molecular complexity index is 826. The van der Waals surface area contributed by atoms with Gasteiger partial charge in [-0.3, -0.25) is 0 Å². The predicted octanol–water partition coefficient (Wildman–Crippen LogP) is 7.65. The summed E-state index contributed by atoms with van der Waals surface area (Å²) in [6, 6.07) is 5.10. The molecule has 0 fully saturated rings. The van der Waals surface area contributed by atoms with Gasteiger partial charge in [0.05, 0.1) is 23.2 Å².